The highest BCUT2D eigenvalue weighted by Crippen LogP contribution is 2.30. The maximum Gasteiger partial charge on any atom is 0.490 e. The first kappa shape index (κ1) is 33.1. The van der Waals surface area contributed by atoms with Gasteiger partial charge in [0.15, 0.2) is 0 Å². The minimum atomic E-state index is -5.08. The molecule has 0 fully saturated rings. The number of aryl methyl sites for hydroxylation is 1. The van der Waals surface area contributed by atoms with E-state index in [1.807, 2.05) is 54.6 Å². The molecule has 0 bridgehead atoms. The lowest BCUT2D eigenvalue weighted by atomic mass is 10.0. The SMILES string of the molecule is NCCCCCCc1ccc2c(c1)C(=O)N(CCC(=O)O)CC(=O)N2Cc1ccc2ccccc2c1.O=C(O)C(F)(F)F. The molecule has 2 amide bonds. The van der Waals surface area contributed by atoms with Crippen LogP contribution in [0.25, 0.3) is 10.8 Å². The van der Waals surface area contributed by atoms with Crippen LogP contribution in [0.2, 0.25) is 0 Å². The Balaban J connectivity index is 0.000000646. The number of alkyl halides is 3. The molecule has 0 saturated heterocycles. The summed E-state index contributed by atoms with van der Waals surface area (Å²) in [4.78, 5) is 49.9. The van der Waals surface area contributed by atoms with Crippen molar-refractivity contribution in [2.45, 2.75) is 51.2 Å². The second kappa shape index (κ2) is 15.1. The van der Waals surface area contributed by atoms with Crippen LogP contribution in [0, 0.1) is 0 Å². The lowest BCUT2D eigenvalue weighted by Gasteiger charge is -2.23. The van der Waals surface area contributed by atoms with Crippen LogP contribution < -0.4 is 10.6 Å². The zero-order valence-electron chi connectivity index (χ0n) is 23.5. The molecule has 1 heterocycles. The first-order valence-electron chi connectivity index (χ1n) is 13.8. The molecule has 230 valence electrons. The highest BCUT2D eigenvalue weighted by atomic mass is 19.4. The van der Waals surface area contributed by atoms with Crippen LogP contribution >= 0.6 is 0 Å². The minimum absolute atomic E-state index is 0.00746. The Morgan fingerprint density at radius 3 is 2.16 bits per heavy atom. The van der Waals surface area contributed by atoms with E-state index < -0.39 is 18.1 Å². The molecular weight excluding hydrogens is 567 g/mol. The van der Waals surface area contributed by atoms with E-state index in [0.29, 0.717) is 24.3 Å². The highest BCUT2D eigenvalue weighted by molar-refractivity contribution is 6.09. The van der Waals surface area contributed by atoms with E-state index in [9.17, 15) is 27.6 Å². The molecule has 0 atom stereocenters. The molecule has 43 heavy (non-hydrogen) atoms. The lowest BCUT2D eigenvalue weighted by molar-refractivity contribution is -0.192. The topological polar surface area (TPSA) is 141 Å². The summed E-state index contributed by atoms with van der Waals surface area (Å²) in [5, 5.41) is 18.5. The fourth-order valence-electron chi connectivity index (χ4n) is 4.70. The van der Waals surface area contributed by atoms with Gasteiger partial charge in [-0.2, -0.15) is 13.2 Å². The summed E-state index contributed by atoms with van der Waals surface area (Å²) < 4.78 is 31.7. The number of nitrogens with two attached hydrogens (primary N) is 1. The van der Waals surface area contributed by atoms with Crippen molar-refractivity contribution >= 4 is 40.2 Å². The van der Waals surface area contributed by atoms with Gasteiger partial charge in [-0.15, -0.1) is 0 Å². The summed E-state index contributed by atoms with van der Waals surface area (Å²) in [6, 6.07) is 19.9. The first-order chi connectivity index (χ1) is 20.4. The maximum atomic E-state index is 13.5. The molecule has 1 aliphatic rings. The molecule has 4 rings (SSSR count). The molecule has 1 aliphatic heterocycles. The molecule has 0 saturated carbocycles. The monoisotopic (exact) mass is 601 g/mol. The molecular formula is C31H34F3N3O6. The van der Waals surface area contributed by atoms with Gasteiger partial charge in [-0.25, -0.2) is 4.79 Å². The number of carbonyl (C=O) groups is 4. The lowest BCUT2D eigenvalue weighted by Crippen LogP contribution is -2.40. The van der Waals surface area contributed by atoms with E-state index >= 15 is 0 Å². The van der Waals surface area contributed by atoms with Gasteiger partial charge < -0.3 is 25.7 Å². The second-order valence-corrected chi connectivity index (χ2v) is 10.1. The number of halogens is 3. The van der Waals surface area contributed by atoms with Crippen molar-refractivity contribution in [2.75, 3.05) is 24.5 Å². The van der Waals surface area contributed by atoms with Crippen LogP contribution in [-0.4, -0.2) is 64.7 Å². The Labute approximate surface area is 246 Å². The minimum Gasteiger partial charge on any atom is -0.481 e. The fourth-order valence-corrected chi connectivity index (χ4v) is 4.70. The summed E-state index contributed by atoms with van der Waals surface area (Å²) in [6.45, 7) is 0.866. The number of carbonyl (C=O) groups excluding carboxylic acids is 2. The van der Waals surface area contributed by atoms with E-state index in [0.717, 1.165) is 54.0 Å². The number of rotatable bonds is 11. The third-order valence-electron chi connectivity index (χ3n) is 6.91. The number of nitrogens with zero attached hydrogens (tertiary/aromatic N) is 2. The van der Waals surface area contributed by atoms with Gasteiger partial charge in [0.1, 0.15) is 6.54 Å². The Morgan fingerprint density at radius 1 is 0.860 bits per heavy atom. The average Bonchev–Trinajstić information content (AvgIpc) is 3.06. The van der Waals surface area contributed by atoms with Crippen molar-refractivity contribution in [2.24, 2.45) is 5.73 Å². The molecule has 0 radical (unpaired) electrons. The van der Waals surface area contributed by atoms with Crippen molar-refractivity contribution in [1.29, 1.82) is 0 Å². The molecule has 0 unspecified atom stereocenters. The number of hydrogen-bond donors (Lipinski definition) is 3. The first-order valence-corrected chi connectivity index (χ1v) is 13.8. The molecule has 3 aromatic rings. The van der Waals surface area contributed by atoms with E-state index in [2.05, 4.69) is 6.07 Å². The maximum absolute atomic E-state index is 13.5. The summed E-state index contributed by atoms with van der Waals surface area (Å²) in [7, 11) is 0. The summed E-state index contributed by atoms with van der Waals surface area (Å²) in [5.74, 6) is -4.28. The van der Waals surface area contributed by atoms with Crippen LogP contribution in [0.3, 0.4) is 0 Å². The average molecular weight is 602 g/mol. The van der Waals surface area contributed by atoms with E-state index in [1.54, 1.807) is 4.90 Å². The smallest absolute Gasteiger partial charge is 0.481 e. The fraction of sp³-hybridized carbons (Fsp3) is 0.355. The number of fused-ring (bicyclic) bond motifs is 2. The molecule has 4 N–H and O–H groups in total. The number of amides is 2. The number of carboxylic acid groups (broad SMARTS) is 2. The van der Waals surface area contributed by atoms with Crippen LogP contribution in [0.4, 0.5) is 18.9 Å². The van der Waals surface area contributed by atoms with Gasteiger partial charge in [-0.3, -0.25) is 14.4 Å². The molecule has 0 aliphatic carbocycles. The Bertz CT molecular complexity index is 1460. The quantitative estimate of drug-likeness (QED) is 0.263. The van der Waals surface area contributed by atoms with Gasteiger partial charge in [0.05, 0.1) is 24.2 Å². The van der Waals surface area contributed by atoms with Gasteiger partial charge in [0, 0.05) is 6.54 Å². The molecule has 12 heteroatoms. The summed E-state index contributed by atoms with van der Waals surface area (Å²) in [6.07, 6.45) is -0.307. The number of carboxylic acids is 2. The predicted molar refractivity (Wildman–Crippen MR) is 155 cm³/mol. The largest absolute Gasteiger partial charge is 0.490 e. The zero-order chi connectivity index (χ0) is 31.6. The van der Waals surface area contributed by atoms with E-state index in [1.165, 1.54) is 4.90 Å². The molecule has 0 spiro atoms. The number of benzene rings is 3. The summed E-state index contributed by atoms with van der Waals surface area (Å²) >= 11 is 0. The standard InChI is InChI=1S/C29H33N3O4.C2HF3O2/c30-15-6-2-1-3-7-21-11-13-26-25(18-21)29(36)31(16-14-28(34)35)20-27(33)32(26)19-22-10-12-23-8-4-5-9-24(23)17-22;3-2(4,5)1(6)7/h4-5,8-13,17-18H,1-3,6-7,14-16,19-20,30H2,(H,34,35);(H,6,7). The third-order valence-corrected chi connectivity index (χ3v) is 6.91. The van der Waals surface area contributed by atoms with Crippen LogP contribution in [0.15, 0.2) is 60.7 Å². The van der Waals surface area contributed by atoms with Gasteiger partial charge in [-0.1, -0.05) is 55.3 Å². The van der Waals surface area contributed by atoms with Crippen LogP contribution in [-0.2, 0) is 27.3 Å². The van der Waals surface area contributed by atoms with Gasteiger partial charge in [0.2, 0.25) is 5.91 Å². The van der Waals surface area contributed by atoms with Crippen molar-refractivity contribution in [1.82, 2.24) is 4.90 Å². The Kier molecular flexibility index (Phi) is 11.6. The molecule has 0 aromatic heterocycles. The van der Waals surface area contributed by atoms with E-state index in [4.69, 9.17) is 20.7 Å². The summed E-state index contributed by atoms with van der Waals surface area (Å²) in [5.41, 5.74) is 8.60. The second-order valence-electron chi connectivity index (χ2n) is 10.1. The Morgan fingerprint density at radius 2 is 1.51 bits per heavy atom. The number of anilines is 1. The highest BCUT2D eigenvalue weighted by Gasteiger charge is 2.38. The zero-order valence-corrected chi connectivity index (χ0v) is 23.5. The van der Waals surface area contributed by atoms with Gasteiger partial charge in [-0.05, 0) is 65.9 Å². The van der Waals surface area contributed by atoms with Crippen molar-refractivity contribution < 1.29 is 42.6 Å². The predicted octanol–water partition coefficient (Wildman–Crippen LogP) is 5.00. The Hall–Kier alpha value is -4.45. The molecule has 3 aromatic carbocycles. The van der Waals surface area contributed by atoms with Crippen LogP contribution in [0.5, 0.6) is 0 Å². The van der Waals surface area contributed by atoms with Crippen molar-refractivity contribution in [3.63, 3.8) is 0 Å². The van der Waals surface area contributed by atoms with Crippen LogP contribution in [0.1, 0.15) is 53.6 Å². The van der Waals surface area contributed by atoms with Gasteiger partial charge in [0.25, 0.3) is 5.91 Å². The number of aliphatic carboxylic acids is 2. The third kappa shape index (κ3) is 9.53. The van der Waals surface area contributed by atoms with Gasteiger partial charge >= 0.3 is 18.1 Å². The van der Waals surface area contributed by atoms with E-state index in [-0.39, 0.29) is 31.3 Å². The number of hydrogen-bond acceptors (Lipinski definition) is 5. The molecule has 9 nitrogen and oxygen atoms in total. The number of unbranched alkanes of at least 4 members (excludes halogenated alkanes) is 3. The normalized spacial score (nSPS) is 13.3. The van der Waals surface area contributed by atoms with Crippen molar-refractivity contribution in [3.8, 4) is 0 Å². The van der Waals surface area contributed by atoms with Crippen molar-refractivity contribution in [3.05, 3.63) is 77.4 Å².